The van der Waals surface area contributed by atoms with E-state index in [2.05, 4.69) is 10.3 Å². The van der Waals surface area contributed by atoms with Crippen LogP contribution in [0.25, 0.3) is 0 Å². The third-order valence-electron chi connectivity index (χ3n) is 3.66. The lowest BCUT2D eigenvalue weighted by molar-refractivity contribution is 0.773. The third-order valence-corrected chi connectivity index (χ3v) is 4.33. The van der Waals surface area contributed by atoms with Gasteiger partial charge in [-0.15, -0.1) is 0 Å². The molecule has 0 radical (unpaired) electrons. The van der Waals surface area contributed by atoms with Crippen LogP contribution in [0, 0.1) is 6.92 Å². The van der Waals surface area contributed by atoms with Crippen LogP contribution in [0.2, 0.25) is 10.0 Å². The fourth-order valence-electron chi connectivity index (χ4n) is 2.33. The maximum absolute atomic E-state index is 11.9. The molecule has 0 fully saturated rings. The molecule has 3 rings (SSSR count). The summed E-state index contributed by atoms with van der Waals surface area (Å²) in [6, 6.07) is 15.4. The summed E-state index contributed by atoms with van der Waals surface area (Å²) in [4.78, 5) is 15.9. The SMILES string of the molecule is Cc1c(Cl)cccc1Nc1nc(=O)c(Cl)cn1Cc1ccccc1. The summed E-state index contributed by atoms with van der Waals surface area (Å²) in [6.07, 6.45) is 1.59. The van der Waals surface area contributed by atoms with Gasteiger partial charge in [-0.1, -0.05) is 59.6 Å². The molecular formula is C18H15Cl2N3O. The van der Waals surface area contributed by atoms with E-state index in [1.165, 1.54) is 0 Å². The van der Waals surface area contributed by atoms with Crippen molar-refractivity contribution in [3.8, 4) is 0 Å². The number of hydrogen-bond acceptors (Lipinski definition) is 3. The Morgan fingerprint density at radius 1 is 1.04 bits per heavy atom. The van der Waals surface area contributed by atoms with E-state index < -0.39 is 5.56 Å². The van der Waals surface area contributed by atoms with Gasteiger partial charge in [0.15, 0.2) is 0 Å². The number of rotatable bonds is 4. The van der Waals surface area contributed by atoms with Crippen LogP contribution in [-0.2, 0) is 6.54 Å². The summed E-state index contributed by atoms with van der Waals surface area (Å²) in [7, 11) is 0. The van der Waals surface area contributed by atoms with Crippen molar-refractivity contribution in [3.63, 3.8) is 0 Å². The van der Waals surface area contributed by atoms with Crippen LogP contribution in [0.5, 0.6) is 0 Å². The van der Waals surface area contributed by atoms with E-state index in [-0.39, 0.29) is 5.02 Å². The first-order valence-electron chi connectivity index (χ1n) is 7.37. The van der Waals surface area contributed by atoms with Gasteiger partial charge in [0, 0.05) is 16.9 Å². The highest BCUT2D eigenvalue weighted by molar-refractivity contribution is 6.31. The second-order valence-electron chi connectivity index (χ2n) is 5.37. The Morgan fingerprint density at radius 2 is 1.79 bits per heavy atom. The topological polar surface area (TPSA) is 46.9 Å². The molecule has 0 bridgehead atoms. The van der Waals surface area contributed by atoms with E-state index in [1.54, 1.807) is 10.8 Å². The zero-order chi connectivity index (χ0) is 17.1. The minimum absolute atomic E-state index is 0.0827. The van der Waals surface area contributed by atoms with Crippen LogP contribution >= 0.6 is 23.2 Å². The van der Waals surface area contributed by atoms with Crippen LogP contribution in [0.1, 0.15) is 11.1 Å². The molecule has 6 heteroatoms. The minimum Gasteiger partial charge on any atom is -0.325 e. The van der Waals surface area contributed by atoms with Gasteiger partial charge in [0.25, 0.3) is 5.56 Å². The molecule has 0 saturated carbocycles. The number of aromatic nitrogens is 2. The minimum atomic E-state index is -0.469. The van der Waals surface area contributed by atoms with E-state index in [4.69, 9.17) is 23.2 Å². The Bertz CT molecular complexity index is 923. The molecule has 24 heavy (non-hydrogen) atoms. The van der Waals surface area contributed by atoms with Crippen LogP contribution in [0.15, 0.2) is 59.5 Å². The van der Waals surface area contributed by atoms with Crippen molar-refractivity contribution in [1.29, 1.82) is 0 Å². The maximum atomic E-state index is 11.9. The van der Waals surface area contributed by atoms with E-state index in [1.807, 2.05) is 55.5 Å². The highest BCUT2D eigenvalue weighted by Gasteiger charge is 2.10. The number of benzene rings is 2. The molecule has 0 aliphatic heterocycles. The molecule has 4 nitrogen and oxygen atoms in total. The molecule has 0 aliphatic carbocycles. The highest BCUT2D eigenvalue weighted by atomic mass is 35.5. The van der Waals surface area contributed by atoms with Gasteiger partial charge in [0.1, 0.15) is 5.02 Å². The smallest absolute Gasteiger partial charge is 0.293 e. The Labute approximate surface area is 149 Å². The Hall–Kier alpha value is -2.30. The molecule has 122 valence electrons. The lowest BCUT2D eigenvalue weighted by atomic mass is 10.2. The van der Waals surface area contributed by atoms with Gasteiger partial charge in [-0.2, -0.15) is 4.98 Å². The number of halogens is 2. The molecule has 1 N–H and O–H groups in total. The van der Waals surface area contributed by atoms with Gasteiger partial charge in [-0.05, 0) is 30.2 Å². The zero-order valence-electron chi connectivity index (χ0n) is 13.0. The second kappa shape index (κ2) is 7.07. The van der Waals surface area contributed by atoms with Crippen molar-refractivity contribution in [2.75, 3.05) is 5.32 Å². The fraction of sp³-hybridized carbons (Fsp3) is 0.111. The summed E-state index contributed by atoms with van der Waals surface area (Å²) in [6.45, 7) is 2.44. The Kier molecular flexibility index (Phi) is 4.88. The molecule has 0 aliphatic rings. The van der Waals surface area contributed by atoms with Gasteiger partial charge in [-0.25, -0.2) is 0 Å². The van der Waals surface area contributed by atoms with Gasteiger partial charge >= 0.3 is 0 Å². The van der Waals surface area contributed by atoms with E-state index in [0.717, 1.165) is 16.8 Å². The summed E-state index contributed by atoms with van der Waals surface area (Å²) in [5.41, 5.74) is 2.28. The zero-order valence-corrected chi connectivity index (χ0v) is 14.5. The third kappa shape index (κ3) is 3.61. The first-order chi connectivity index (χ1) is 11.5. The van der Waals surface area contributed by atoms with Crippen LogP contribution in [-0.4, -0.2) is 9.55 Å². The largest absolute Gasteiger partial charge is 0.325 e. The van der Waals surface area contributed by atoms with Crippen LogP contribution < -0.4 is 10.9 Å². The summed E-state index contributed by atoms with van der Waals surface area (Å²) in [5, 5.41) is 3.91. The van der Waals surface area contributed by atoms with Gasteiger partial charge in [-0.3, -0.25) is 4.79 Å². The molecule has 0 amide bonds. The van der Waals surface area contributed by atoms with E-state index in [0.29, 0.717) is 17.5 Å². The standard InChI is InChI=1S/C18H15Cl2N3O/c1-12-14(19)8-5-9-16(12)21-18-22-17(24)15(20)11-23(18)10-13-6-3-2-4-7-13/h2-9,11H,10H2,1H3,(H,21,22,24). The van der Waals surface area contributed by atoms with E-state index >= 15 is 0 Å². The molecule has 1 heterocycles. The van der Waals surface area contributed by atoms with Gasteiger partial charge < -0.3 is 9.88 Å². The van der Waals surface area contributed by atoms with Crippen molar-refractivity contribution in [2.24, 2.45) is 0 Å². The van der Waals surface area contributed by atoms with Crippen molar-refractivity contribution in [1.82, 2.24) is 9.55 Å². The second-order valence-corrected chi connectivity index (χ2v) is 6.18. The van der Waals surface area contributed by atoms with Gasteiger partial charge in [0.05, 0.1) is 6.54 Å². The first kappa shape index (κ1) is 16.6. The van der Waals surface area contributed by atoms with Crippen molar-refractivity contribution >= 4 is 34.8 Å². The molecule has 0 saturated heterocycles. The van der Waals surface area contributed by atoms with Crippen molar-refractivity contribution in [3.05, 3.63) is 86.3 Å². The monoisotopic (exact) mass is 359 g/mol. The quantitative estimate of drug-likeness (QED) is 0.737. The number of nitrogens with one attached hydrogen (secondary N) is 1. The lowest BCUT2D eigenvalue weighted by Gasteiger charge is -2.16. The predicted molar refractivity (Wildman–Crippen MR) is 98.5 cm³/mol. The Balaban J connectivity index is 2.01. The fourth-order valence-corrected chi connectivity index (χ4v) is 2.67. The molecule has 0 spiro atoms. The lowest BCUT2D eigenvalue weighted by Crippen LogP contribution is -2.17. The van der Waals surface area contributed by atoms with Crippen LogP contribution in [0.3, 0.4) is 0 Å². The van der Waals surface area contributed by atoms with Crippen molar-refractivity contribution < 1.29 is 0 Å². The molecular weight excluding hydrogens is 345 g/mol. The van der Waals surface area contributed by atoms with Crippen molar-refractivity contribution in [2.45, 2.75) is 13.5 Å². The first-order valence-corrected chi connectivity index (χ1v) is 8.13. The predicted octanol–water partition coefficient (Wildman–Crippen LogP) is 4.65. The molecule has 2 aromatic carbocycles. The van der Waals surface area contributed by atoms with Gasteiger partial charge in [0.2, 0.25) is 5.95 Å². The summed E-state index contributed by atoms with van der Waals surface area (Å²) < 4.78 is 1.80. The molecule has 0 unspecified atom stereocenters. The Morgan fingerprint density at radius 3 is 2.54 bits per heavy atom. The highest BCUT2D eigenvalue weighted by Crippen LogP contribution is 2.25. The normalized spacial score (nSPS) is 10.6. The number of nitrogens with zero attached hydrogens (tertiary/aromatic N) is 2. The average molecular weight is 360 g/mol. The molecule has 0 atom stereocenters. The number of hydrogen-bond donors (Lipinski definition) is 1. The maximum Gasteiger partial charge on any atom is 0.293 e. The number of anilines is 2. The summed E-state index contributed by atoms with van der Waals surface area (Å²) in [5.74, 6) is 0.415. The van der Waals surface area contributed by atoms with Crippen LogP contribution in [0.4, 0.5) is 11.6 Å². The van der Waals surface area contributed by atoms with E-state index in [9.17, 15) is 4.79 Å². The average Bonchev–Trinajstić information content (AvgIpc) is 2.57. The molecule has 1 aromatic heterocycles. The molecule has 3 aromatic rings. The summed E-state index contributed by atoms with van der Waals surface area (Å²) >= 11 is 12.1.